The molecular weight excluding hydrogens is 243 g/mol. The van der Waals surface area contributed by atoms with Crippen LogP contribution >= 0.6 is 27.5 Å². The third kappa shape index (κ3) is 1.91. The van der Waals surface area contributed by atoms with Gasteiger partial charge in [-0.1, -0.05) is 27.5 Å². The Balaban J connectivity index is 3.24. The van der Waals surface area contributed by atoms with Crippen LogP contribution in [0.2, 0.25) is 5.02 Å². The molecule has 0 aliphatic carbocycles. The molecule has 12 heavy (non-hydrogen) atoms. The zero-order valence-electron chi connectivity index (χ0n) is 6.47. The number of halogens is 2. The quantitative estimate of drug-likeness (QED) is 0.875. The third-order valence-corrected chi connectivity index (χ3v) is 2.20. The predicted octanol–water partition coefficient (Wildman–Crippen LogP) is 2.60. The lowest BCUT2D eigenvalue weighted by molar-refractivity contribution is 0.273. The minimum Gasteiger partial charge on any atom is -0.495 e. The van der Waals surface area contributed by atoms with Crippen LogP contribution in [0, 0.1) is 0 Å². The summed E-state index contributed by atoms with van der Waals surface area (Å²) < 4.78 is 5.84. The van der Waals surface area contributed by atoms with Crippen molar-refractivity contribution in [1.29, 1.82) is 0 Å². The highest BCUT2D eigenvalue weighted by Gasteiger charge is 2.07. The zero-order valence-corrected chi connectivity index (χ0v) is 8.82. The summed E-state index contributed by atoms with van der Waals surface area (Å²) in [5.41, 5.74) is 0.678. The van der Waals surface area contributed by atoms with E-state index in [9.17, 15) is 0 Å². The number of hydrogen-bond donors (Lipinski definition) is 1. The molecule has 0 radical (unpaired) electrons. The first-order chi connectivity index (χ1) is 5.69. The van der Waals surface area contributed by atoms with Crippen LogP contribution in [-0.2, 0) is 6.61 Å². The minimum atomic E-state index is -0.0810. The molecule has 0 spiro atoms. The second kappa shape index (κ2) is 4.12. The predicted molar refractivity (Wildman–Crippen MR) is 51.6 cm³/mol. The van der Waals surface area contributed by atoms with Crippen LogP contribution in [0.4, 0.5) is 0 Å². The number of aliphatic hydroxyl groups is 1. The van der Waals surface area contributed by atoms with Gasteiger partial charge in [-0.25, -0.2) is 0 Å². The average Bonchev–Trinajstić information content (AvgIpc) is 2.03. The van der Waals surface area contributed by atoms with Gasteiger partial charge in [-0.05, 0) is 12.1 Å². The van der Waals surface area contributed by atoms with Crippen molar-refractivity contribution >= 4 is 27.5 Å². The zero-order chi connectivity index (χ0) is 9.14. The van der Waals surface area contributed by atoms with Crippen molar-refractivity contribution in [3.63, 3.8) is 0 Å². The number of aliphatic hydroxyl groups excluding tert-OH is 1. The van der Waals surface area contributed by atoms with Crippen molar-refractivity contribution in [2.24, 2.45) is 0 Å². The lowest BCUT2D eigenvalue weighted by atomic mass is 10.2. The fourth-order valence-corrected chi connectivity index (χ4v) is 1.91. The Hall–Kier alpha value is -0.250. The first-order valence-electron chi connectivity index (χ1n) is 3.31. The van der Waals surface area contributed by atoms with Crippen molar-refractivity contribution in [2.75, 3.05) is 7.11 Å². The van der Waals surface area contributed by atoms with Gasteiger partial charge in [0.15, 0.2) is 0 Å². The van der Waals surface area contributed by atoms with Gasteiger partial charge in [0.2, 0.25) is 0 Å². The van der Waals surface area contributed by atoms with Crippen molar-refractivity contribution < 1.29 is 9.84 Å². The Morgan fingerprint density at radius 1 is 1.58 bits per heavy atom. The molecule has 4 heteroatoms. The van der Waals surface area contributed by atoms with Gasteiger partial charge in [0.25, 0.3) is 0 Å². The summed E-state index contributed by atoms with van der Waals surface area (Å²) in [5.74, 6) is 0.530. The van der Waals surface area contributed by atoms with Crippen LogP contribution < -0.4 is 4.74 Å². The van der Waals surface area contributed by atoms with E-state index in [0.29, 0.717) is 16.3 Å². The van der Waals surface area contributed by atoms with E-state index in [1.54, 1.807) is 12.1 Å². The van der Waals surface area contributed by atoms with Crippen molar-refractivity contribution in [1.82, 2.24) is 0 Å². The van der Waals surface area contributed by atoms with E-state index in [1.165, 1.54) is 7.11 Å². The van der Waals surface area contributed by atoms with Crippen LogP contribution in [0.25, 0.3) is 0 Å². The maximum Gasteiger partial charge on any atom is 0.143 e. The molecule has 1 rings (SSSR count). The van der Waals surface area contributed by atoms with Crippen LogP contribution in [-0.4, -0.2) is 12.2 Å². The summed E-state index contributed by atoms with van der Waals surface area (Å²) in [6.07, 6.45) is 0. The van der Waals surface area contributed by atoms with Gasteiger partial charge in [0, 0.05) is 10.0 Å². The van der Waals surface area contributed by atoms with E-state index in [2.05, 4.69) is 15.9 Å². The van der Waals surface area contributed by atoms with Crippen LogP contribution in [0.1, 0.15) is 5.56 Å². The average molecular weight is 252 g/mol. The highest BCUT2D eigenvalue weighted by atomic mass is 79.9. The molecule has 0 bridgehead atoms. The molecule has 1 N–H and O–H groups in total. The molecule has 0 atom stereocenters. The summed E-state index contributed by atoms with van der Waals surface area (Å²) >= 11 is 9.11. The van der Waals surface area contributed by atoms with Crippen molar-refractivity contribution in [3.05, 3.63) is 27.2 Å². The van der Waals surface area contributed by atoms with Gasteiger partial charge in [-0.15, -0.1) is 0 Å². The van der Waals surface area contributed by atoms with E-state index in [0.717, 1.165) is 4.47 Å². The van der Waals surface area contributed by atoms with Gasteiger partial charge in [-0.3, -0.25) is 0 Å². The molecule has 0 aliphatic heterocycles. The first-order valence-corrected chi connectivity index (χ1v) is 4.49. The number of ether oxygens (including phenoxy) is 1. The van der Waals surface area contributed by atoms with Crippen molar-refractivity contribution in [3.8, 4) is 5.75 Å². The lowest BCUT2D eigenvalue weighted by Gasteiger charge is -2.08. The Kier molecular flexibility index (Phi) is 3.38. The number of rotatable bonds is 2. The monoisotopic (exact) mass is 250 g/mol. The fraction of sp³-hybridized carbons (Fsp3) is 0.250. The van der Waals surface area contributed by atoms with E-state index >= 15 is 0 Å². The second-order valence-electron chi connectivity index (χ2n) is 2.24. The van der Waals surface area contributed by atoms with Crippen LogP contribution in [0.5, 0.6) is 5.75 Å². The minimum absolute atomic E-state index is 0.0810. The van der Waals surface area contributed by atoms with Crippen LogP contribution in [0.15, 0.2) is 16.6 Å². The molecule has 1 aromatic rings. The molecule has 66 valence electrons. The highest BCUT2D eigenvalue weighted by molar-refractivity contribution is 9.10. The standard InChI is InChI=1S/C8H8BrClO2/c1-12-8-5(4-11)2-6(9)3-7(8)10/h2-3,11H,4H2,1H3. The van der Waals surface area contributed by atoms with Crippen molar-refractivity contribution in [2.45, 2.75) is 6.61 Å². The summed E-state index contributed by atoms with van der Waals surface area (Å²) in [6, 6.07) is 3.49. The Bertz CT molecular complexity index is 289. The summed E-state index contributed by atoms with van der Waals surface area (Å²) in [7, 11) is 1.52. The summed E-state index contributed by atoms with van der Waals surface area (Å²) in [5, 5.41) is 9.44. The van der Waals surface area contributed by atoms with E-state index < -0.39 is 0 Å². The van der Waals surface area contributed by atoms with E-state index in [4.69, 9.17) is 21.4 Å². The van der Waals surface area contributed by atoms with Gasteiger partial charge < -0.3 is 9.84 Å². The molecule has 0 amide bonds. The Morgan fingerprint density at radius 2 is 2.25 bits per heavy atom. The van der Waals surface area contributed by atoms with Gasteiger partial charge >= 0.3 is 0 Å². The first kappa shape index (κ1) is 9.84. The maximum atomic E-state index is 8.94. The molecule has 0 aromatic heterocycles. The number of benzene rings is 1. The van der Waals surface area contributed by atoms with Gasteiger partial charge in [0.1, 0.15) is 5.75 Å². The molecule has 0 heterocycles. The Morgan fingerprint density at radius 3 is 2.75 bits per heavy atom. The molecule has 1 aromatic carbocycles. The molecule has 0 saturated carbocycles. The smallest absolute Gasteiger partial charge is 0.143 e. The molecule has 0 aliphatic rings. The lowest BCUT2D eigenvalue weighted by Crippen LogP contribution is -1.92. The second-order valence-corrected chi connectivity index (χ2v) is 3.56. The largest absolute Gasteiger partial charge is 0.495 e. The molecule has 2 nitrogen and oxygen atoms in total. The SMILES string of the molecule is COc1c(Cl)cc(Br)cc1CO. The normalized spacial score (nSPS) is 10.0. The summed E-state index contributed by atoms with van der Waals surface area (Å²) in [4.78, 5) is 0. The molecule has 0 unspecified atom stereocenters. The van der Waals surface area contributed by atoms with Crippen LogP contribution in [0.3, 0.4) is 0 Å². The number of hydrogen-bond acceptors (Lipinski definition) is 2. The van der Waals surface area contributed by atoms with E-state index in [1.807, 2.05) is 0 Å². The van der Waals surface area contributed by atoms with E-state index in [-0.39, 0.29) is 6.61 Å². The number of methoxy groups -OCH3 is 1. The molecule has 0 saturated heterocycles. The topological polar surface area (TPSA) is 29.5 Å². The maximum absolute atomic E-state index is 8.94. The molecule has 0 fully saturated rings. The van der Waals surface area contributed by atoms with Gasteiger partial charge in [-0.2, -0.15) is 0 Å². The summed E-state index contributed by atoms with van der Waals surface area (Å²) in [6.45, 7) is -0.0810. The molecular formula is C8H8BrClO2. The highest BCUT2D eigenvalue weighted by Crippen LogP contribution is 2.32. The Labute approximate surface area is 84.2 Å². The third-order valence-electron chi connectivity index (χ3n) is 1.46. The van der Waals surface area contributed by atoms with Gasteiger partial charge in [0.05, 0.1) is 18.7 Å². The fourth-order valence-electron chi connectivity index (χ4n) is 0.960.